The average molecular weight is 511 g/mol. The van der Waals surface area contributed by atoms with E-state index in [0.29, 0.717) is 55.2 Å². The fourth-order valence-corrected chi connectivity index (χ4v) is 4.51. The standard InChI is InChI=1S/C29H29F3N2O3/c1-19-15-26(33-28(27(19)29(30,31)32)22-5-4-6-23(35)16-22)34(17-20-7-11-24(36-2)12-8-20)18-21-9-13-25(37-3)14-10-21/h7-16H,4-6,17-18H2,1-3H3. The van der Waals surface area contributed by atoms with Gasteiger partial charge in [0.25, 0.3) is 0 Å². The van der Waals surface area contributed by atoms with Gasteiger partial charge in [-0.15, -0.1) is 0 Å². The smallest absolute Gasteiger partial charge is 0.418 e. The Balaban J connectivity index is 1.80. The zero-order valence-electron chi connectivity index (χ0n) is 21.1. The number of carbonyl (C=O) groups excluding carboxylic acids is 1. The molecule has 0 fully saturated rings. The summed E-state index contributed by atoms with van der Waals surface area (Å²) in [5.41, 5.74) is 1.35. The molecule has 1 aromatic heterocycles. The Hall–Kier alpha value is -3.81. The summed E-state index contributed by atoms with van der Waals surface area (Å²) in [6.07, 6.45) is -2.05. The van der Waals surface area contributed by atoms with Crippen molar-refractivity contribution in [3.63, 3.8) is 0 Å². The molecule has 0 saturated heterocycles. The Morgan fingerprint density at radius 1 is 0.892 bits per heavy atom. The highest BCUT2D eigenvalue weighted by Gasteiger charge is 2.38. The molecule has 1 heterocycles. The molecule has 0 amide bonds. The number of alkyl halides is 3. The predicted molar refractivity (Wildman–Crippen MR) is 137 cm³/mol. The van der Waals surface area contributed by atoms with Crippen LogP contribution in [0.5, 0.6) is 11.5 Å². The van der Waals surface area contributed by atoms with Crippen molar-refractivity contribution in [2.45, 2.75) is 45.5 Å². The summed E-state index contributed by atoms with van der Waals surface area (Å²) in [7, 11) is 3.18. The minimum atomic E-state index is -4.59. The van der Waals surface area contributed by atoms with Crippen molar-refractivity contribution in [1.82, 2.24) is 4.98 Å². The van der Waals surface area contributed by atoms with Crippen LogP contribution in [0.3, 0.4) is 0 Å². The SMILES string of the molecule is COc1ccc(CN(Cc2ccc(OC)cc2)c2cc(C)c(C(F)(F)F)c(C3=CC(=O)CCC3)n2)cc1. The van der Waals surface area contributed by atoms with E-state index >= 15 is 0 Å². The minimum Gasteiger partial charge on any atom is -0.497 e. The van der Waals surface area contributed by atoms with Crippen molar-refractivity contribution in [1.29, 1.82) is 0 Å². The lowest BCUT2D eigenvalue weighted by molar-refractivity contribution is -0.138. The van der Waals surface area contributed by atoms with Crippen LogP contribution in [0.2, 0.25) is 0 Å². The van der Waals surface area contributed by atoms with E-state index in [0.717, 1.165) is 11.1 Å². The number of carbonyl (C=O) groups is 1. The molecule has 0 unspecified atom stereocenters. The van der Waals surface area contributed by atoms with E-state index in [9.17, 15) is 18.0 Å². The molecule has 0 spiro atoms. The van der Waals surface area contributed by atoms with Crippen LogP contribution in [-0.2, 0) is 24.1 Å². The van der Waals surface area contributed by atoms with E-state index in [1.165, 1.54) is 19.1 Å². The van der Waals surface area contributed by atoms with Gasteiger partial charge >= 0.3 is 6.18 Å². The molecule has 4 rings (SSSR count). The number of anilines is 1. The molecule has 0 atom stereocenters. The first-order valence-corrected chi connectivity index (χ1v) is 12.0. The molecule has 3 aromatic rings. The number of halogens is 3. The topological polar surface area (TPSA) is 51.7 Å². The van der Waals surface area contributed by atoms with Gasteiger partial charge in [-0.2, -0.15) is 13.2 Å². The molecule has 0 aliphatic heterocycles. The van der Waals surface area contributed by atoms with Crippen LogP contribution < -0.4 is 14.4 Å². The van der Waals surface area contributed by atoms with E-state index in [1.54, 1.807) is 14.2 Å². The lowest BCUT2D eigenvalue weighted by atomic mass is 9.92. The third-order valence-corrected chi connectivity index (χ3v) is 6.38. The molecule has 0 saturated carbocycles. The normalized spacial score (nSPS) is 13.8. The molecular weight excluding hydrogens is 481 g/mol. The highest BCUT2D eigenvalue weighted by atomic mass is 19.4. The highest BCUT2D eigenvalue weighted by molar-refractivity contribution is 5.98. The van der Waals surface area contributed by atoms with Gasteiger partial charge in [0, 0.05) is 19.5 Å². The van der Waals surface area contributed by atoms with Crippen molar-refractivity contribution in [2.24, 2.45) is 0 Å². The minimum absolute atomic E-state index is 0.0703. The van der Waals surface area contributed by atoms with Crippen LogP contribution in [0.1, 0.15) is 47.2 Å². The molecule has 2 aromatic carbocycles. The summed E-state index contributed by atoms with van der Waals surface area (Å²) in [4.78, 5) is 18.6. The second-order valence-electron chi connectivity index (χ2n) is 9.06. The molecule has 8 heteroatoms. The number of ketones is 1. The number of pyridine rings is 1. The van der Waals surface area contributed by atoms with E-state index < -0.39 is 11.7 Å². The third-order valence-electron chi connectivity index (χ3n) is 6.38. The van der Waals surface area contributed by atoms with Gasteiger partial charge in [0.2, 0.25) is 0 Å². The molecule has 194 valence electrons. The van der Waals surface area contributed by atoms with E-state index in [4.69, 9.17) is 9.47 Å². The van der Waals surface area contributed by atoms with Gasteiger partial charge < -0.3 is 14.4 Å². The number of ether oxygens (including phenoxy) is 2. The van der Waals surface area contributed by atoms with E-state index in [-0.39, 0.29) is 17.0 Å². The quantitative estimate of drug-likeness (QED) is 0.335. The number of hydrogen-bond donors (Lipinski definition) is 0. The van der Waals surface area contributed by atoms with Crippen molar-refractivity contribution >= 4 is 17.2 Å². The largest absolute Gasteiger partial charge is 0.497 e. The lowest BCUT2D eigenvalue weighted by Crippen LogP contribution is -2.25. The molecule has 0 bridgehead atoms. The summed E-state index contributed by atoms with van der Waals surface area (Å²) in [5.74, 6) is 1.66. The Bertz CT molecular complexity index is 1230. The van der Waals surface area contributed by atoms with Crippen LogP contribution in [-0.4, -0.2) is 25.0 Å². The summed E-state index contributed by atoms with van der Waals surface area (Å²) >= 11 is 0. The van der Waals surface area contributed by atoms with Gasteiger partial charge in [0.1, 0.15) is 17.3 Å². The van der Waals surface area contributed by atoms with Gasteiger partial charge in [-0.1, -0.05) is 24.3 Å². The fourth-order valence-electron chi connectivity index (χ4n) is 4.51. The maximum absolute atomic E-state index is 14.1. The Kier molecular flexibility index (Phi) is 7.86. The van der Waals surface area contributed by atoms with Crippen molar-refractivity contribution in [3.8, 4) is 11.5 Å². The summed E-state index contributed by atoms with van der Waals surface area (Å²) in [5, 5.41) is 0. The molecule has 1 aliphatic rings. The van der Waals surface area contributed by atoms with Gasteiger partial charge in [-0.05, 0) is 78.4 Å². The van der Waals surface area contributed by atoms with Crippen LogP contribution in [0, 0.1) is 6.92 Å². The van der Waals surface area contributed by atoms with E-state index in [2.05, 4.69) is 4.98 Å². The van der Waals surface area contributed by atoms with Gasteiger partial charge in [0.15, 0.2) is 5.78 Å². The fraction of sp³-hybridized carbons (Fsp3) is 0.310. The van der Waals surface area contributed by atoms with E-state index in [1.807, 2.05) is 53.4 Å². The van der Waals surface area contributed by atoms with Crippen LogP contribution in [0.15, 0.2) is 60.7 Å². The van der Waals surface area contributed by atoms with Crippen LogP contribution in [0.25, 0.3) is 5.57 Å². The first-order valence-electron chi connectivity index (χ1n) is 12.0. The Morgan fingerprint density at radius 2 is 1.43 bits per heavy atom. The highest BCUT2D eigenvalue weighted by Crippen LogP contribution is 2.40. The van der Waals surface area contributed by atoms with Crippen molar-refractivity contribution in [2.75, 3.05) is 19.1 Å². The summed E-state index contributed by atoms with van der Waals surface area (Å²) in [6.45, 7) is 2.26. The van der Waals surface area contributed by atoms with Crippen molar-refractivity contribution in [3.05, 3.63) is 88.6 Å². The maximum atomic E-state index is 14.1. The number of methoxy groups -OCH3 is 2. The van der Waals surface area contributed by atoms with Gasteiger partial charge in [-0.3, -0.25) is 4.79 Å². The van der Waals surface area contributed by atoms with Crippen LogP contribution in [0.4, 0.5) is 19.0 Å². The Labute approximate surface area is 214 Å². The predicted octanol–water partition coefficient (Wildman–Crippen LogP) is 6.77. The molecule has 1 aliphatic carbocycles. The molecular formula is C29H29F3N2O3. The lowest BCUT2D eigenvalue weighted by Gasteiger charge is -2.27. The summed E-state index contributed by atoms with van der Waals surface area (Å²) in [6, 6.07) is 16.5. The first-order chi connectivity index (χ1) is 17.7. The maximum Gasteiger partial charge on any atom is 0.418 e. The van der Waals surface area contributed by atoms with Gasteiger partial charge in [-0.25, -0.2) is 4.98 Å². The number of benzene rings is 2. The first kappa shape index (κ1) is 26.3. The Morgan fingerprint density at radius 3 is 1.89 bits per heavy atom. The summed E-state index contributed by atoms with van der Waals surface area (Å²) < 4.78 is 52.9. The second kappa shape index (κ2) is 11.1. The molecule has 37 heavy (non-hydrogen) atoms. The zero-order chi connectivity index (χ0) is 26.6. The number of aromatic nitrogens is 1. The molecule has 0 N–H and O–H groups in total. The number of aryl methyl sites for hydroxylation is 1. The number of allylic oxidation sites excluding steroid dienone is 2. The average Bonchev–Trinajstić information content (AvgIpc) is 2.88. The second-order valence-corrected chi connectivity index (χ2v) is 9.06. The monoisotopic (exact) mass is 510 g/mol. The van der Waals surface area contributed by atoms with Crippen LogP contribution >= 0.6 is 0 Å². The number of hydrogen-bond acceptors (Lipinski definition) is 5. The number of rotatable bonds is 8. The third kappa shape index (κ3) is 6.31. The molecule has 5 nitrogen and oxygen atoms in total. The van der Waals surface area contributed by atoms with Crippen molar-refractivity contribution < 1.29 is 27.4 Å². The molecule has 0 radical (unpaired) electrons. The zero-order valence-corrected chi connectivity index (χ0v) is 21.1. The number of nitrogens with zero attached hydrogens (tertiary/aromatic N) is 2. The van der Waals surface area contributed by atoms with Gasteiger partial charge in [0.05, 0.1) is 25.5 Å².